The summed E-state index contributed by atoms with van der Waals surface area (Å²) in [7, 11) is 1.39. The minimum atomic E-state index is -0.540. The van der Waals surface area contributed by atoms with E-state index in [2.05, 4.69) is 0 Å². The van der Waals surface area contributed by atoms with Crippen molar-refractivity contribution in [3.05, 3.63) is 71.0 Å². The molecule has 2 nitrogen and oxygen atoms in total. The van der Waals surface area contributed by atoms with Crippen LogP contribution in [0, 0.1) is 12.7 Å². The van der Waals surface area contributed by atoms with Crippen molar-refractivity contribution in [3.8, 4) is 5.75 Å². The van der Waals surface area contributed by atoms with Crippen molar-refractivity contribution in [2.24, 2.45) is 0 Å². The lowest BCUT2D eigenvalue weighted by Gasteiger charge is -2.02. The van der Waals surface area contributed by atoms with Gasteiger partial charge in [0.25, 0.3) is 0 Å². The number of halogens is 1. The zero-order valence-corrected chi connectivity index (χ0v) is 11.4. The normalized spacial score (nSPS) is 10.8. The molecule has 0 amide bonds. The molecule has 2 aromatic carbocycles. The van der Waals surface area contributed by atoms with Gasteiger partial charge in [-0.05, 0) is 36.8 Å². The second-order valence-corrected chi connectivity index (χ2v) is 4.46. The van der Waals surface area contributed by atoms with Gasteiger partial charge >= 0.3 is 0 Å². The number of carbonyl (C=O) groups is 1. The van der Waals surface area contributed by atoms with Gasteiger partial charge < -0.3 is 4.74 Å². The first-order valence-electron chi connectivity index (χ1n) is 6.23. The number of methoxy groups -OCH3 is 1. The van der Waals surface area contributed by atoms with E-state index in [1.807, 2.05) is 31.2 Å². The summed E-state index contributed by atoms with van der Waals surface area (Å²) in [5.41, 5.74) is 2.38. The Bertz CT molecular complexity index is 643. The van der Waals surface area contributed by atoms with Gasteiger partial charge in [0, 0.05) is 5.56 Å². The van der Waals surface area contributed by atoms with E-state index in [-0.39, 0.29) is 11.5 Å². The van der Waals surface area contributed by atoms with Crippen molar-refractivity contribution in [2.75, 3.05) is 7.11 Å². The average molecular weight is 270 g/mol. The molecule has 20 heavy (non-hydrogen) atoms. The predicted molar refractivity (Wildman–Crippen MR) is 77.5 cm³/mol. The van der Waals surface area contributed by atoms with Crippen LogP contribution in [-0.2, 0) is 0 Å². The Labute approximate surface area is 117 Å². The summed E-state index contributed by atoms with van der Waals surface area (Å²) in [6.45, 7) is 2.00. The van der Waals surface area contributed by atoms with Gasteiger partial charge in [-0.25, -0.2) is 4.39 Å². The zero-order valence-electron chi connectivity index (χ0n) is 11.4. The van der Waals surface area contributed by atoms with Crippen molar-refractivity contribution in [1.29, 1.82) is 0 Å². The number of allylic oxidation sites excluding steroid dienone is 1. The summed E-state index contributed by atoms with van der Waals surface area (Å²) in [5.74, 6) is -0.654. The third-order valence-corrected chi connectivity index (χ3v) is 2.94. The molecule has 0 aliphatic rings. The Hall–Kier alpha value is -2.42. The molecule has 0 fully saturated rings. The molecule has 0 aliphatic carbocycles. The highest BCUT2D eigenvalue weighted by atomic mass is 19.1. The monoisotopic (exact) mass is 270 g/mol. The Balaban J connectivity index is 2.15. The second-order valence-electron chi connectivity index (χ2n) is 4.46. The van der Waals surface area contributed by atoms with Crippen LogP contribution in [0.15, 0.2) is 48.5 Å². The SMILES string of the molecule is COc1ccc(C(=O)/C=C/c2ccc(C)cc2)cc1F. The quantitative estimate of drug-likeness (QED) is 0.619. The van der Waals surface area contributed by atoms with Crippen LogP contribution in [0.2, 0.25) is 0 Å². The van der Waals surface area contributed by atoms with Crippen LogP contribution in [-0.4, -0.2) is 12.9 Å². The number of hydrogen-bond donors (Lipinski definition) is 0. The first-order valence-corrected chi connectivity index (χ1v) is 6.23. The second kappa shape index (κ2) is 6.15. The molecule has 0 atom stereocenters. The van der Waals surface area contributed by atoms with Gasteiger partial charge in [0.1, 0.15) is 0 Å². The molecule has 0 heterocycles. The fourth-order valence-corrected chi connectivity index (χ4v) is 1.77. The molecule has 0 saturated carbocycles. The van der Waals surface area contributed by atoms with Crippen LogP contribution in [0.1, 0.15) is 21.5 Å². The fraction of sp³-hybridized carbons (Fsp3) is 0.118. The molecule has 0 aliphatic heterocycles. The van der Waals surface area contributed by atoms with E-state index < -0.39 is 5.82 Å². The van der Waals surface area contributed by atoms with E-state index >= 15 is 0 Å². The van der Waals surface area contributed by atoms with Crippen LogP contribution in [0.5, 0.6) is 5.75 Å². The van der Waals surface area contributed by atoms with Gasteiger partial charge in [-0.1, -0.05) is 35.9 Å². The Morgan fingerprint density at radius 2 is 1.85 bits per heavy atom. The predicted octanol–water partition coefficient (Wildman–Crippen LogP) is 4.04. The van der Waals surface area contributed by atoms with Crippen molar-refractivity contribution in [3.63, 3.8) is 0 Å². The van der Waals surface area contributed by atoms with Crippen molar-refractivity contribution in [2.45, 2.75) is 6.92 Å². The molecule has 0 N–H and O–H groups in total. The van der Waals surface area contributed by atoms with Crippen LogP contribution in [0.3, 0.4) is 0 Å². The number of ether oxygens (including phenoxy) is 1. The average Bonchev–Trinajstić information content (AvgIpc) is 2.46. The van der Waals surface area contributed by atoms with Crippen molar-refractivity contribution >= 4 is 11.9 Å². The molecular formula is C17H15FO2. The minimum absolute atomic E-state index is 0.129. The van der Waals surface area contributed by atoms with E-state index in [1.54, 1.807) is 12.1 Å². The standard InChI is InChI=1S/C17H15FO2/c1-12-3-5-13(6-4-12)7-9-16(19)14-8-10-17(20-2)15(18)11-14/h3-11H,1-2H3/b9-7+. The van der Waals surface area contributed by atoms with Gasteiger partial charge in [-0.2, -0.15) is 0 Å². The van der Waals surface area contributed by atoms with Crippen molar-refractivity contribution < 1.29 is 13.9 Å². The number of rotatable bonds is 4. The van der Waals surface area contributed by atoms with Crippen LogP contribution >= 0.6 is 0 Å². The highest BCUT2D eigenvalue weighted by molar-refractivity contribution is 6.06. The number of benzene rings is 2. The highest BCUT2D eigenvalue weighted by Crippen LogP contribution is 2.18. The summed E-state index contributed by atoms with van der Waals surface area (Å²) >= 11 is 0. The summed E-state index contributed by atoms with van der Waals surface area (Å²) in [5, 5.41) is 0. The minimum Gasteiger partial charge on any atom is -0.494 e. The molecule has 0 unspecified atom stereocenters. The van der Waals surface area contributed by atoms with E-state index in [0.29, 0.717) is 5.56 Å². The third kappa shape index (κ3) is 3.32. The zero-order chi connectivity index (χ0) is 14.5. The molecule has 2 rings (SSSR count). The van der Waals surface area contributed by atoms with Gasteiger partial charge in [-0.3, -0.25) is 4.79 Å². The summed E-state index contributed by atoms with van der Waals surface area (Å²) in [6, 6.07) is 12.0. The number of hydrogen-bond acceptors (Lipinski definition) is 2. The first-order chi connectivity index (χ1) is 9.60. The molecule has 0 radical (unpaired) electrons. The van der Waals surface area contributed by atoms with E-state index in [4.69, 9.17) is 4.74 Å². The maximum absolute atomic E-state index is 13.5. The van der Waals surface area contributed by atoms with Gasteiger partial charge in [0.05, 0.1) is 7.11 Å². The molecule has 2 aromatic rings. The Morgan fingerprint density at radius 1 is 1.15 bits per heavy atom. The molecule has 0 aromatic heterocycles. The summed E-state index contributed by atoms with van der Waals surface area (Å²) < 4.78 is 18.3. The van der Waals surface area contributed by atoms with E-state index in [1.165, 1.54) is 25.3 Å². The van der Waals surface area contributed by atoms with Gasteiger partial charge in [-0.15, -0.1) is 0 Å². The molecule has 0 bridgehead atoms. The molecule has 0 spiro atoms. The Kier molecular flexibility index (Phi) is 4.31. The number of carbonyl (C=O) groups excluding carboxylic acids is 1. The lowest BCUT2D eigenvalue weighted by atomic mass is 10.1. The Morgan fingerprint density at radius 3 is 2.45 bits per heavy atom. The number of ketones is 1. The lowest BCUT2D eigenvalue weighted by Crippen LogP contribution is -1.97. The smallest absolute Gasteiger partial charge is 0.185 e. The topological polar surface area (TPSA) is 26.3 Å². The van der Waals surface area contributed by atoms with E-state index in [0.717, 1.165) is 11.1 Å². The summed E-state index contributed by atoms with van der Waals surface area (Å²) in [4.78, 5) is 11.9. The fourth-order valence-electron chi connectivity index (χ4n) is 1.77. The van der Waals surface area contributed by atoms with Gasteiger partial charge in [0.2, 0.25) is 0 Å². The van der Waals surface area contributed by atoms with Crippen LogP contribution < -0.4 is 4.74 Å². The van der Waals surface area contributed by atoms with E-state index in [9.17, 15) is 9.18 Å². The van der Waals surface area contributed by atoms with Crippen LogP contribution in [0.4, 0.5) is 4.39 Å². The first kappa shape index (κ1) is 14.0. The van der Waals surface area contributed by atoms with Crippen molar-refractivity contribution in [1.82, 2.24) is 0 Å². The molecular weight excluding hydrogens is 255 g/mol. The van der Waals surface area contributed by atoms with Crippen LogP contribution in [0.25, 0.3) is 6.08 Å². The maximum Gasteiger partial charge on any atom is 0.185 e. The third-order valence-electron chi connectivity index (χ3n) is 2.94. The summed E-state index contributed by atoms with van der Waals surface area (Å²) in [6.07, 6.45) is 3.15. The van der Waals surface area contributed by atoms with Gasteiger partial charge in [0.15, 0.2) is 17.3 Å². The highest BCUT2D eigenvalue weighted by Gasteiger charge is 2.07. The molecule has 102 valence electrons. The maximum atomic E-state index is 13.5. The number of aryl methyl sites for hydroxylation is 1. The largest absolute Gasteiger partial charge is 0.494 e. The lowest BCUT2D eigenvalue weighted by molar-refractivity contribution is 0.104. The molecule has 3 heteroatoms. The molecule has 0 saturated heterocycles.